The van der Waals surface area contributed by atoms with Crippen LogP contribution in [-0.4, -0.2) is 17.7 Å². The summed E-state index contributed by atoms with van der Waals surface area (Å²) in [5.74, 6) is 1.34. The van der Waals surface area contributed by atoms with Gasteiger partial charge in [0, 0.05) is 17.4 Å². The molecule has 0 fully saturated rings. The third-order valence-electron chi connectivity index (χ3n) is 4.22. The van der Waals surface area contributed by atoms with Gasteiger partial charge in [0.25, 0.3) is 5.91 Å². The molecule has 2 N–H and O–H groups in total. The van der Waals surface area contributed by atoms with Crippen LogP contribution in [0.5, 0.6) is 11.5 Å². The Hall–Kier alpha value is -2.95. The zero-order chi connectivity index (χ0) is 16.7. The summed E-state index contributed by atoms with van der Waals surface area (Å²) in [4.78, 5) is 15.6. The van der Waals surface area contributed by atoms with E-state index >= 15 is 0 Å². The lowest BCUT2D eigenvalue weighted by atomic mass is 10.1. The average molecular weight is 322 g/mol. The number of benzene rings is 2. The number of fused-ring (bicyclic) bond motifs is 2. The van der Waals surface area contributed by atoms with Crippen LogP contribution in [0.4, 0.5) is 0 Å². The Morgan fingerprint density at radius 1 is 1.12 bits per heavy atom. The molecular weight excluding hydrogens is 304 g/mol. The molecule has 5 nitrogen and oxygen atoms in total. The second-order valence-corrected chi connectivity index (χ2v) is 6.10. The topological polar surface area (TPSA) is 63.4 Å². The Morgan fingerprint density at radius 3 is 2.83 bits per heavy atom. The molecule has 0 saturated heterocycles. The van der Waals surface area contributed by atoms with Gasteiger partial charge in [-0.1, -0.05) is 12.1 Å². The quantitative estimate of drug-likeness (QED) is 0.776. The van der Waals surface area contributed by atoms with Crippen molar-refractivity contribution in [2.24, 2.45) is 0 Å². The maximum absolute atomic E-state index is 12.4. The first-order valence-corrected chi connectivity index (χ1v) is 7.87. The van der Waals surface area contributed by atoms with Crippen molar-refractivity contribution >= 4 is 16.8 Å². The maximum atomic E-state index is 12.4. The first kappa shape index (κ1) is 14.6. The minimum atomic E-state index is -0.124. The average Bonchev–Trinajstić information content (AvgIpc) is 3.18. The Balaban J connectivity index is 1.51. The molecule has 1 aliphatic rings. The molecule has 0 radical (unpaired) electrons. The van der Waals surface area contributed by atoms with E-state index in [0.717, 1.165) is 33.5 Å². The zero-order valence-corrected chi connectivity index (χ0v) is 13.6. The highest BCUT2D eigenvalue weighted by atomic mass is 16.7. The molecule has 4 rings (SSSR count). The van der Waals surface area contributed by atoms with E-state index in [-0.39, 0.29) is 12.7 Å². The molecule has 2 heterocycles. The largest absolute Gasteiger partial charge is 0.454 e. The van der Waals surface area contributed by atoms with E-state index < -0.39 is 0 Å². The fourth-order valence-electron chi connectivity index (χ4n) is 3.05. The van der Waals surface area contributed by atoms with Crippen molar-refractivity contribution < 1.29 is 14.3 Å². The predicted molar refractivity (Wildman–Crippen MR) is 91.5 cm³/mol. The predicted octanol–water partition coefficient (Wildman–Crippen LogP) is 3.44. The lowest BCUT2D eigenvalue weighted by molar-refractivity contribution is 0.0946. The van der Waals surface area contributed by atoms with Crippen LogP contribution in [0.2, 0.25) is 0 Å². The summed E-state index contributed by atoms with van der Waals surface area (Å²) in [5.41, 5.74) is 4.86. The molecule has 122 valence electrons. The van der Waals surface area contributed by atoms with Gasteiger partial charge in [-0.15, -0.1) is 0 Å². The number of carbonyl (C=O) groups is 1. The molecule has 0 saturated carbocycles. The number of aromatic nitrogens is 1. The van der Waals surface area contributed by atoms with E-state index in [9.17, 15) is 4.79 Å². The van der Waals surface area contributed by atoms with E-state index in [0.29, 0.717) is 12.2 Å². The minimum absolute atomic E-state index is 0.124. The number of rotatable bonds is 3. The Labute approximate surface area is 139 Å². The Kier molecular flexibility index (Phi) is 3.41. The highest BCUT2D eigenvalue weighted by molar-refractivity contribution is 5.98. The van der Waals surface area contributed by atoms with Crippen LogP contribution in [-0.2, 0) is 6.54 Å². The van der Waals surface area contributed by atoms with Crippen LogP contribution in [0.25, 0.3) is 10.9 Å². The van der Waals surface area contributed by atoms with Gasteiger partial charge in [-0.2, -0.15) is 0 Å². The lowest BCUT2D eigenvalue weighted by Gasteiger charge is -2.05. The number of carbonyl (C=O) groups excluding carboxylic acids is 1. The number of ether oxygens (including phenoxy) is 2. The van der Waals surface area contributed by atoms with Gasteiger partial charge in [0.1, 0.15) is 5.69 Å². The molecule has 0 spiro atoms. The van der Waals surface area contributed by atoms with Gasteiger partial charge < -0.3 is 19.8 Å². The van der Waals surface area contributed by atoms with Crippen molar-refractivity contribution in [2.75, 3.05) is 6.79 Å². The van der Waals surface area contributed by atoms with Crippen LogP contribution in [0.3, 0.4) is 0 Å². The molecule has 0 unspecified atom stereocenters. The third kappa shape index (κ3) is 2.58. The van der Waals surface area contributed by atoms with E-state index in [1.807, 2.05) is 31.2 Å². The molecule has 3 aromatic rings. The molecule has 2 aromatic carbocycles. The summed E-state index contributed by atoms with van der Waals surface area (Å²) in [6, 6.07) is 11.7. The van der Waals surface area contributed by atoms with Crippen LogP contribution in [0, 0.1) is 13.8 Å². The molecule has 0 atom stereocenters. The summed E-state index contributed by atoms with van der Waals surface area (Å²) >= 11 is 0. The SMILES string of the molecule is Cc1cc(C)c2cc(C(=O)NCc3ccc4c(c3)OCO4)[nH]c2c1. The molecule has 0 bridgehead atoms. The van der Waals surface area contributed by atoms with Crippen molar-refractivity contribution in [3.05, 3.63) is 58.8 Å². The molecule has 5 heteroatoms. The maximum Gasteiger partial charge on any atom is 0.267 e. The highest BCUT2D eigenvalue weighted by Gasteiger charge is 2.14. The van der Waals surface area contributed by atoms with Gasteiger partial charge in [-0.25, -0.2) is 0 Å². The minimum Gasteiger partial charge on any atom is -0.454 e. The summed E-state index contributed by atoms with van der Waals surface area (Å²) < 4.78 is 10.6. The summed E-state index contributed by atoms with van der Waals surface area (Å²) in [6.07, 6.45) is 0. The van der Waals surface area contributed by atoms with Gasteiger partial charge in [0.2, 0.25) is 6.79 Å². The fourth-order valence-corrected chi connectivity index (χ4v) is 3.05. The lowest BCUT2D eigenvalue weighted by Crippen LogP contribution is -2.23. The third-order valence-corrected chi connectivity index (χ3v) is 4.22. The summed E-state index contributed by atoms with van der Waals surface area (Å²) in [5, 5.41) is 4.01. The summed E-state index contributed by atoms with van der Waals surface area (Å²) in [6.45, 7) is 4.78. The number of nitrogens with one attached hydrogen (secondary N) is 2. The monoisotopic (exact) mass is 322 g/mol. The molecule has 1 amide bonds. The standard InChI is InChI=1S/C19H18N2O3/c1-11-5-12(2)14-8-16(21-15(14)6-11)19(22)20-9-13-3-4-17-18(7-13)24-10-23-17/h3-8,21H,9-10H2,1-2H3,(H,20,22). The molecule has 1 aliphatic heterocycles. The highest BCUT2D eigenvalue weighted by Crippen LogP contribution is 2.32. The molecular formula is C19H18N2O3. The first-order valence-electron chi connectivity index (χ1n) is 7.87. The van der Waals surface area contributed by atoms with Crippen LogP contribution in [0.15, 0.2) is 36.4 Å². The van der Waals surface area contributed by atoms with Crippen molar-refractivity contribution in [3.8, 4) is 11.5 Å². The first-order chi connectivity index (χ1) is 11.6. The van der Waals surface area contributed by atoms with Gasteiger partial charge in [-0.05, 0) is 54.8 Å². The Bertz CT molecular complexity index is 943. The number of hydrogen-bond donors (Lipinski definition) is 2. The van der Waals surface area contributed by atoms with E-state index in [2.05, 4.69) is 29.4 Å². The van der Waals surface area contributed by atoms with Gasteiger partial charge in [0.15, 0.2) is 11.5 Å². The number of amides is 1. The van der Waals surface area contributed by atoms with Gasteiger partial charge in [-0.3, -0.25) is 4.79 Å². The number of aryl methyl sites for hydroxylation is 2. The van der Waals surface area contributed by atoms with Gasteiger partial charge >= 0.3 is 0 Å². The number of hydrogen-bond acceptors (Lipinski definition) is 3. The van der Waals surface area contributed by atoms with Crippen LogP contribution >= 0.6 is 0 Å². The second-order valence-electron chi connectivity index (χ2n) is 6.10. The normalized spacial score (nSPS) is 12.6. The number of aromatic amines is 1. The fraction of sp³-hybridized carbons (Fsp3) is 0.211. The van der Waals surface area contributed by atoms with Crippen LogP contribution in [0.1, 0.15) is 27.2 Å². The molecule has 0 aliphatic carbocycles. The summed E-state index contributed by atoms with van der Waals surface area (Å²) in [7, 11) is 0. The van der Waals surface area contributed by atoms with E-state index in [1.54, 1.807) is 0 Å². The molecule has 24 heavy (non-hydrogen) atoms. The van der Waals surface area contributed by atoms with E-state index in [4.69, 9.17) is 9.47 Å². The van der Waals surface area contributed by atoms with Crippen molar-refractivity contribution in [1.82, 2.24) is 10.3 Å². The van der Waals surface area contributed by atoms with Crippen LogP contribution < -0.4 is 14.8 Å². The molecule has 1 aromatic heterocycles. The Morgan fingerprint density at radius 2 is 1.96 bits per heavy atom. The van der Waals surface area contributed by atoms with Crippen molar-refractivity contribution in [2.45, 2.75) is 20.4 Å². The number of H-pyrrole nitrogens is 1. The van der Waals surface area contributed by atoms with E-state index in [1.165, 1.54) is 5.56 Å². The van der Waals surface area contributed by atoms with Crippen molar-refractivity contribution in [1.29, 1.82) is 0 Å². The van der Waals surface area contributed by atoms with Gasteiger partial charge in [0.05, 0.1) is 0 Å². The smallest absolute Gasteiger partial charge is 0.267 e. The van der Waals surface area contributed by atoms with Crippen molar-refractivity contribution in [3.63, 3.8) is 0 Å². The second kappa shape index (κ2) is 5.60. The zero-order valence-electron chi connectivity index (χ0n) is 13.6.